The molecule has 0 bridgehead atoms. The Morgan fingerprint density at radius 3 is 2.46 bits per heavy atom. The summed E-state index contributed by atoms with van der Waals surface area (Å²) >= 11 is 0. The maximum absolute atomic E-state index is 14.1. The summed E-state index contributed by atoms with van der Waals surface area (Å²) in [6.45, 7) is 1.03. The number of aromatic nitrogens is 2. The third-order valence-electron chi connectivity index (χ3n) is 5.15. The number of hydrogen-bond donors (Lipinski definition) is 1. The fourth-order valence-corrected chi connectivity index (χ4v) is 3.69. The van der Waals surface area contributed by atoms with Crippen molar-refractivity contribution in [1.82, 2.24) is 15.0 Å². The van der Waals surface area contributed by atoms with E-state index < -0.39 is 17.8 Å². The van der Waals surface area contributed by atoms with Crippen LogP contribution in [0.3, 0.4) is 0 Å². The molecule has 0 radical (unpaired) electrons. The lowest BCUT2D eigenvalue weighted by atomic mass is 9.94. The zero-order chi connectivity index (χ0) is 19.5. The van der Waals surface area contributed by atoms with E-state index in [9.17, 15) is 14.3 Å². The van der Waals surface area contributed by atoms with Gasteiger partial charge in [0.1, 0.15) is 11.9 Å². The Morgan fingerprint density at radius 2 is 1.79 bits per heavy atom. The number of benzene rings is 2. The molecule has 7 heteroatoms. The van der Waals surface area contributed by atoms with Crippen LogP contribution in [-0.2, 0) is 4.79 Å². The van der Waals surface area contributed by atoms with Gasteiger partial charge in [0.05, 0.1) is 0 Å². The van der Waals surface area contributed by atoms with Crippen molar-refractivity contribution in [3.63, 3.8) is 0 Å². The Balaban J connectivity index is 1.46. The Labute approximate surface area is 161 Å². The summed E-state index contributed by atoms with van der Waals surface area (Å²) in [5, 5.41) is 13.7. The molecule has 0 aliphatic carbocycles. The van der Waals surface area contributed by atoms with Crippen LogP contribution in [-0.4, -0.2) is 39.2 Å². The third-order valence-corrected chi connectivity index (χ3v) is 5.15. The second-order valence-corrected chi connectivity index (χ2v) is 6.89. The van der Waals surface area contributed by atoms with Crippen molar-refractivity contribution in [2.24, 2.45) is 0 Å². The summed E-state index contributed by atoms with van der Waals surface area (Å²) in [6, 6.07) is 14.6. The molecule has 0 spiro atoms. The summed E-state index contributed by atoms with van der Waals surface area (Å²) in [7, 11) is 0. The van der Waals surface area contributed by atoms with Crippen LogP contribution in [0.25, 0.3) is 11.4 Å². The molecule has 1 N–H and O–H groups in total. The van der Waals surface area contributed by atoms with Gasteiger partial charge in [0.25, 0.3) is 0 Å². The average molecular weight is 381 g/mol. The van der Waals surface area contributed by atoms with Crippen LogP contribution < -0.4 is 0 Å². The predicted molar refractivity (Wildman–Crippen MR) is 100 cm³/mol. The van der Waals surface area contributed by atoms with E-state index in [1.807, 2.05) is 30.3 Å². The van der Waals surface area contributed by atoms with Crippen LogP contribution in [0.4, 0.5) is 4.39 Å². The van der Waals surface area contributed by atoms with Crippen molar-refractivity contribution in [3.05, 3.63) is 71.9 Å². The summed E-state index contributed by atoms with van der Waals surface area (Å²) in [4.78, 5) is 18.1. The van der Waals surface area contributed by atoms with Gasteiger partial charge >= 0.3 is 5.97 Å². The number of likely N-dealkylation sites (tertiary alicyclic amines) is 1. The van der Waals surface area contributed by atoms with Crippen molar-refractivity contribution in [1.29, 1.82) is 0 Å². The number of nitrogens with zero attached hydrogens (tertiary/aromatic N) is 3. The summed E-state index contributed by atoms with van der Waals surface area (Å²) in [6.07, 6.45) is 1.35. The molecule has 1 aliphatic heterocycles. The normalized spacial score (nSPS) is 16.8. The molecular formula is C21H20FN3O3. The zero-order valence-corrected chi connectivity index (χ0v) is 15.2. The topological polar surface area (TPSA) is 79.5 Å². The van der Waals surface area contributed by atoms with E-state index in [0.29, 0.717) is 37.6 Å². The molecule has 6 nitrogen and oxygen atoms in total. The van der Waals surface area contributed by atoms with Crippen molar-refractivity contribution in [2.75, 3.05) is 13.1 Å². The predicted octanol–water partition coefficient (Wildman–Crippen LogP) is 3.88. The molecule has 28 heavy (non-hydrogen) atoms. The van der Waals surface area contributed by atoms with E-state index in [4.69, 9.17) is 4.52 Å². The minimum atomic E-state index is -1.05. The van der Waals surface area contributed by atoms with E-state index in [2.05, 4.69) is 10.1 Å². The second kappa shape index (κ2) is 7.90. The number of halogens is 1. The molecule has 0 amide bonds. The van der Waals surface area contributed by atoms with Gasteiger partial charge in [-0.3, -0.25) is 9.69 Å². The van der Waals surface area contributed by atoms with Crippen LogP contribution in [0, 0.1) is 5.82 Å². The van der Waals surface area contributed by atoms with E-state index in [1.54, 1.807) is 17.0 Å². The SMILES string of the molecule is O=C(O)C(c1ccccc1F)N1CCC(c2nc(-c3ccccc3)no2)CC1. The summed E-state index contributed by atoms with van der Waals surface area (Å²) in [5.74, 6) is -0.366. The van der Waals surface area contributed by atoms with Gasteiger partial charge in [0, 0.05) is 30.1 Å². The first-order valence-corrected chi connectivity index (χ1v) is 9.24. The summed E-state index contributed by atoms with van der Waals surface area (Å²) in [5.41, 5.74) is 1.08. The molecule has 1 atom stereocenters. The van der Waals surface area contributed by atoms with E-state index in [1.165, 1.54) is 12.1 Å². The fraction of sp³-hybridized carbons (Fsp3) is 0.286. The first-order chi connectivity index (χ1) is 13.6. The molecule has 2 heterocycles. The molecule has 3 aromatic rings. The molecule has 1 saturated heterocycles. The summed E-state index contributed by atoms with van der Waals surface area (Å²) < 4.78 is 19.6. The minimum Gasteiger partial charge on any atom is -0.480 e. The van der Waals surface area contributed by atoms with Crippen LogP contribution >= 0.6 is 0 Å². The number of carboxylic acids is 1. The molecule has 1 fully saturated rings. The highest BCUT2D eigenvalue weighted by Gasteiger charge is 2.34. The number of carboxylic acid groups (broad SMARTS) is 1. The maximum atomic E-state index is 14.1. The number of piperidine rings is 1. The van der Waals surface area contributed by atoms with Gasteiger partial charge in [-0.15, -0.1) is 0 Å². The van der Waals surface area contributed by atoms with Gasteiger partial charge in [-0.2, -0.15) is 4.98 Å². The number of carbonyl (C=O) groups is 1. The highest BCUT2D eigenvalue weighted by molar-refractivity contribution is 5.75. The molecule has 1 unspecified atom stereocenters. The van der Waals surface area contributed by atoms with Gasteiger partial charge < -0.3 is 9.63 Å². The maximum Gasteiger partial charge on any atom is 0.325 e. The molecule has 1 aliphatic rings. The quantitative estimate of drug-likeness (QED) is 0.722. The Bertz CT molecular complexity index is 952. The third kappa shape index (κ3) is 3.66. The molecular weight excluding hydrogens is 361 g/mol. The highest BCUT2D eigenvalue weighted by Crippen LogP contribution is 2.33. The van der Waals surface area contributed by atoms with Crippen molar-refractivity contribution in [3.8, 4) is 11.4 Å². The largest absolute Gasteiger partial charge is 0.480 e. The first-order valence-electron chi connectivity index (χ1n) is 9.24. The van der Waals surface area contributed by atoms with Gasteiger partial charge in [0.2, 0.25) is 11.7 Å². The van der Waals surface area contributed by atoms with Gasteiger partial charge in [-0.25, -0.2) is 4.39 Å². The lowest BCUT2D eigenvalue weighted by Crippen LogP contribution is -2.40. The van der Waals surface area contributed by atoms with E-state index >= 15 is 0 Å². The number of hydrogen-bond acceptors (Lipinski definition) is 5. The van der Waals surface area contributed by atoms with Crippen LogP contribution in [0.15, 0.2) is 59.1 Å². The van der Waals surface area contributed by atoms with Gasteiger partial charge in [-0.1, -0.05) is 53.7 Å². The van der Waals surface area contributed by atoms with Gasteiger partial charge in [-0.05, 0) is 18.9 Å². The van der Waals surface area contributed by atoms with Crippen LogP contribution in [0.1, 0.15) is 36.3 Å². The van der Waals surface area contributed by atoms with Crippen molar-refractivity contribution < 1.29 is 18.8 Å². The molecule has 0 saturated carbocycles. The first kappa shape index (κ1) is 18.3. The fourth-order valence-electron chi connectivity index (χ4n) is 3.69. The second-order valence-electron chi connectivity index (χ2n) is 6.89. The minimum absolute atomic E-state index is 0.0660. The molecule has 4 rings (SSSR count). The van der Waals surface area contributed by atoms with Crippen molar-refractivity contribution in [2.45, 2.75) is 24.8 Å². The zero-order valence-electron chi connectivity index (χ0n) is 15.2. The molecule has 144 valence electrons. The Morgan fingerprint density at radius 1 is 1.11 bits per heavy atom. The number of rotatable bonds is 5. The Hall–Kier alpha value is -3.06. The smallest absolute Gasteiger partial charge is 0.325 e. The van der Waals surface area contributed by atoms with Gasteiger partial charge in [0.15, 0.2) is 0 Å². The monoisotopic (exact) mass is 381 g/mol. The van der Waals surface area contributed by atoms with E-state index in [-0.39, 0.29) is 11.5 Å². The molecule has 1 aromatic heterocycles. The van der Waals surface area contributed by atoms with Crippen LogP contribution in [0.2, 0.25) is 0 Å². The van der Waals surface area contributed by atoms with Crippen LogP contribution in [0.5, 0.6) is 0 Å². The standard InChI is InChI=1S/C21H20FN3O3/c22-17-9-5-4-8-16(17)18(21(26)27)25-12-10-15(11-13-25)20-23-19(24-28-20)14-6-2-1-3-7-14/h1-9,15,18H,10-13H2,(H,26,27). The lowest BCUT2D eigenvalue weighted by Gasteiger charge is -2.34. The van der Waals surface area contributed by atoms with E-state index in [0.717, 1.165) is 5.56 Å². The lowest BCUT2D eigenvalue weighted by molar-refractivity contribution is -0.144. The molecule has 2 aromatic carbocycles. The Kier molecular flexibility index (Phi) is 5.16. The highest BCUT2D eigenvalue weighted by atomic mass is 19.1. The average Bonchev–Trinajstić information content (AvgIpc) is 3.21. The van der Waals surface area contributed by atoms with Crippen molar-refractivity contribution >= 4 is 5.97 Å². The number of aliphatic carboxylic acids is 1.